The highest BCUT2D eigenvalue weighted by atomic mass is 16.5. The normalized spacial score (nSPS) is 16.1. The highest BCUT2D eigenvalue weighted by Crippen LogP contribution is 2.28. The summed E-state index contributed by atoms with van der Waals surface area (Å²) >= 11 is 0. The number of hydrogen-bond acceptors (Lipinski definition) is 4. The lowest BCUT2D eigenvalue weighted by molar-refractivity contribution is -0.112. The number of hydrogen-bond donors (Lipinski definition) is 0. The number of benzene rings is 1. The lowest BCUT2D eigenvalue weighted by atomic mass is 10.0. The fraction of sp³-hybridized carbons (Fsp3) is 0.250. The minimum atomic E-state index is -0.835. The first kappa shape index (κ1) is 14.2. The first-order valence-corrected chi connectivity index (χ1v) is 6.47. The number of ketones is 1. The first-order valence-electron chi connectivity index (χ1n) is 6.47. The van der Waals surface area contributed by atoms with E-state index in [4.69, 9.17) is 4.74 Å². The van der Waals surface area contributed by atoms with Gasteiger partial charge < -0.3 is 14.4 Å². The molecule has 0 radical (unpaired) electrons. The summed E-state index contributed by atoms with van der Waals surface area (Å²) in [7, 11) is 1.89. The molecule has 1 aliphatic rings. The number of nitrogens with zero attached hydrogens (tertiary/aromatic N) is 1. The Labute approximate surface area is 118 Å². The van der Waals surface area contributed by atoms with Crippen LogP contribution in [0.25, 0.3) is 0 Å². The summed E-state index contributed by atoms with van der Waals surface area (Å²) < 4.78 is 5.84. The zero-order valence-electron chi connectivity index (χ0n) is 11.4. The zero-order chi connectivity index (χ0) is 14.4. The van der Waals surface area contributed by atoms with Crippen molar-refractivity contribution in [2.24, 2.45) is 0 Å². The Kier molecular flexibility index (Phi) is 4.48. The zero-order valence-corrected chi connectivity index (χ0v) is 11.4. The van der Waals surface area contributed by atoms with E-state index in [1.165, 1.54) is 12.2 Å². The number of ether oxygens (including phenoxy) is 1. The molecule has 0 heterocycles. The largest absolute Gasteiger partial charge is 0.348 e. The maximum atomic E-state index is 11.3. The Morgan fingerprint density at radius 2 is 1.85 bits per heavy atom. The number of carbonyl (C=O) groups excluding carboxylic acids is 2. The number of aldehydes is 1. The molecule has 0 atom stereocenters. The Morgan fingerprint density at radius 1 is 1.20 bits per heavy atom. The van der Waals surface area contributed by atoms with E-state index in [0.29, 0.717) is 13.0 Å². The molecule has 1 aromatic carbocycles. The summed E-state index contributed by atoms with van der Waals surface area (Å²) in [6, 6.07) is 9.73. The Morgan fingerprint density at radius 3 is 2.45 bits per heavy atom. The molecule has 1 aliphatic carbocycles. The van der Waals surface area contributed by atoms with Crippen LogP contribution in [0, 0.1) is 0 Å². The highest BCUT2D eigenvalue weighted by Gasteiger charge is 2.32. The van der Waals surface area contributed by atoms with Crippen molar-refractivity contribution >= 4 is 17.8 Å². The second-order valence-corrected chi connectivity index (χ2v) is 4.52. The van der Waals surface area contributed by atoms with Crippen LogP contribution in [0.15, 0.2) is 54.6 Å². The van der Waals surface area contributed by atoms with Gasteiger partial charge in [-0.25, -0.2) is 0 Å². The van der Waals surface area contributed by atoms with Gasteiger partial charge >= 0.3 is 0 Å². The maximum Gasteiger partial charge on any atom is 0.180 e. The van der Waals surface area contributed by atoms with Crippen LogP contribution >= 0.6 is 0 Å². The molecule has 0 bridgehead atoms. The first-order chi connectivity index (χ1) is 9.68. The van der Waals surface area contributed by atoms with Crippen LogP contribution < -0.4 is 4.90 Å². The molecule has 0 aromatic heterocycles. The van der Waals surface area contributed by atoms with Crippen LogP contribution in [0.5, 0.6) is 0 Å². The van der Waals surface area contributed by atoms with Gasteiger partial charge in [0.1, 0.15) is 6.29 Å². The number of allylic oxidation sites excluding steroid dienone is 2. The van der Waals surface area contributed by atoms with Crippen LogP contribution in [0.1, 0.15) is 6.42 Å². The summed E-state index contributed by atoms with van der Waals surface area (Å²) in [5, 5.41) is 0. The predicted octanol–water partition coefficient (Wildman–Crippen LogP) is 2.12. The third-order valence-electron chi connectivity index (χ3n) is 3.21. The molecule has 0 saturated carbocycles. The summed E-state index contributed by atoms with van der Waals surface area (Å²) in [6.45, 7) is 0.295. The van der Waals surface area contributed by atoms with E-state index in [1.807, 2.05) is 42.3 Å². The van der Waals surface area contributed by atoms with Gasteiger partial charge in [0, 0.05) is 19.2 Å². The average molecular weight is 271 g/mol. The number of anilines is 1. The van der Waals surface area contributed by atoms with E-state index in [9.17, 15) is 9.59 Å². The molecule has 20 heavy (non-hydrogen) atoms. The molecule has 4 heteroatoms. The second kappa shape index (κ2) is 6.30. The standard InChI is InChI=1S/C16H17NO3/c1-17(14-6-3-2-4-7-14)16(20-13-5-12-18)10-8-15(19)9-11-16/h2-4,6-12H,5,13H2,1H3. The van der Waals surface area contributed by atoms with Crippen molar-refractivity contribution in [1.29, 1.82) is 0 Å². The molecule has 4 nitrogen and oxygen atoms in total. The molecule has 0 aliphatic heterocycles. The molecular formula is C16H17NO3. The maximum absolute atomic E-state index is 11.3. The van der Waals surface area contributed by atoms with Gasteiger partial charge in [-0.2, -0.15) is 0 Å². The van der Waals surface area contributed by atoms with E-state index >= 15 is 0 Å². The third kappa shape index (κ3) is 3.03. The average Bonchev–Trinajstić information content (AvgIpc) is 2.50. The predicted molar refractivity (Wildman–Crippen MR) is 77.5 cm³/mol. The SMILES string of the molecule is CN(c1ccccc1)C1(OCCC=O)C=CC(=O)C=C1. The van der Waals surface area contributed by atoms with Crippen LogP contribution in [0.2, 0.25) is 0 Å². The van der Waals surface area contributed by atoms with Crippen LogP contribution in [-0.2, 0) is 14.3 Å². The lowest BCUT2D eigenvalue weighted by Crippen LogP contribution is -2.47. The van der Waals surface area contributed by atoms with Gasteiger partial charge in [-0.05, 0) is 36.4 Å². The van der Waals surface area contributed by atoms with Crippen molar-refractivity contribution in [2.45, 2.75) is 12.1 Å². The molecule has 104 valence electrons. The number of likely N-dealkylation sites (N-methyl/N-ethyl adjacent to an activating group) is 1. The van der Waals surface area contributed by atoms with E-state index in [0.717, 1.165) is 12.0 Å². The topological polar surface area (TPSA) is 46.6 Å². The number of rotatable bonds is 6. The lowest BCUT2D eigenvalue weighted by Gasteiger charge is -2.39. The number of carbonyl (C=O) groups is 2. The fourth-order valence-corrected chi connectivity index (χ4v) is 2.05. The van der Waals surface area contributed by atoms with Crippen molar-refractivity contribution in [3.63, 3.8) is 0 Å². The van der Waals surface area contributed by atoms with E-state index in [1.54, 1.807) is 12.2 Å². The van der Waals surface area contributed by atoms with Crippen molar-refractivity contribution in [2.75, 3.05) is 18.6 Å². The highest BCUT2D eigenvalue weighted by molar-refractivity contribution is 6.00. The van der Waals surface area contributed by atoms with Crippen LogP contribution in [0.4, 0.5) is 5.69 Å². The molecule has 0 unspecified atom stereocenters. The summed E-state index contributed by atoms with van der Waals surface area (Å²) in [6.07, 6.45) is 7.54. The Bertz CT molecular complexity index is 518. The Hall–Kier alpha value is -2.20. The van der Waals surface area contributed by atoms with Crippen molar-refractivity contribution < 1.29 is 14.3 Å². The van der Waals surface area contributed by atoms with Gasteiger partial charge in [-0.3, -0.25) is 4.79 Å². The quantitative estimate of drug-likeness (QED) is 0.452. The molecule has 0 spiro atoms. The van der Waals surface area contributed by atoms with Gasteiger partial charge in [-0.1, -0.05) is 18.2 Å². The number of para-hydroxylation sites is 1. The van der Waals surface area contributed by atoms with Crippen molar-refractivity contribution in [3.05, 3.63) is 54.6 Å². The van der Waals surface area contributed by atoms with Crippen LogP contribution in [0.3, 0.4) is 0 Å². The molecule has 0 saturated heterocycles. The van der Waals surface area contributed by atoms with Gasteiger partial charge in [0.05, 0.1) is 6.61 Å². The third-order valence-corrected chi connectivity index (χ3v) is 3.21. The second-order valence-electron chi connectivity index (χ2n) is 4.52. The summed E-state index contributed by atoms with van der Waals surface area (Å²) in [4.78, 5) is 23.7. The van der Waals surface area contributed by atoms with Crippen molar-refractivity contribution in [3.8, 4) is 0 Å². The van der Waals surface area contributed by atoms with Gasteiger partial charge in [0.25, 0.3) is 0 Å². The monoisotopic (exact) mass is 271 g/mol. The van der Waals surface area contributed by atoms with Gasteiger partial charge in [-0.15, -0.1) is 0 Å². The minimum Gasteiger partial charge on any atom is -0.348 e. The molecule has 0 amide bonds. The van der Waals surface area contributed by atoms with Crippen LogP contribution in [-0.4, -0.2) is 31.4 Å². The molecule has 0 fully saturated rings. The molecule has 1 aromatic rings. The van der Waals surface area contributed by atoms with E-state index < -0.39 is 5.72 Å². The Balaban J connectivity index is 2.27. The molecule has 2 rings (SSSR count). The minimum absolute atomic E-state index is 0.0684. The van der Waals surface area contributed by atoms with E-state index in [-0.39, 0.29) is 5.78 Å². The smallest absolute Gasteiger partial charge is 0.180 e. The summed E-state index contributed by atoms with van der Waals surface area (Å²) in [5.74, 6) is -0.0684. The van der Waals surface area contributed by atoms with Crippen molar-refractivity contribution in [1.82, 2.24) is 0 Å². The summed E-state index contributed by atoms with van der Waals surface area (Å²) in [5.41, 5.74) is 0.125. The molecule has 0 N–H and O–H groups in total. The van der Waals surface area contributed by atoms with Gasteiger partial charge in [0.15, 0.2) is 11.5 Å². The van der Waals surface area contributed by atoms with E-state index in [2.05, 4.69) is 0 Å². The van der Waals surface area contributed by atoms with Gasteiger partial charge in [0.2, 0.25) is 0 Å². The molecular weight excluding hydrogens is 254 g/mol. The fourth-order valence-electron chi connectivity index (χ4n) is 2.05.